The molecule has 0 spiro atoms. The molecule has 0 atom stereocenters. The van der Waals surface area contributed by atoms with Gasteiger partial charge in [0.25, 0.3) is 5.91 Å². The first-order valence-electron chi connectivity index (χ1n) is 8.76. The summed E-state index contributed by atoms with van der Waals surface area (Å²) in [5.74, 6) is 0.149. The van der Waals surface area contributed by atoms with Gasteiger partial charge in [-0.3, -0.25) is 9.59 Å². The number of nitrogens with one attached hydrogen (secondary N) is 1. The molecule has 1 fully saturated rings. The Morgan fingerprint density at radius 2 is 1.81 bits per heavy atom. The monoisotopic (exact) mass is 353 g/mol. The largest absolute Gasteiger partial charge is 0.507 e. The van der Waals surface area contributed by atoms with E-state index in [2.05, 4.69) is 10.3 Å². The van der Waals surface area contributed by atoms with Crippen LogP contribution in [0.15, 0.2) is 36.5 Å². The minimum absolute atomic E-state index is 0.00834. The van der Waals surface area contributed by atoms with Crippen LogP contribution in [0.5, 0.6) is 5.75 Å². The van der Waals surface area contributed by atoms with Crippen molar-refractivity contribution in [2.45, 2.75) is 26.7 Å². The highest BCUT2D eigenvalue weighted by atomic mass is 16.3. The number of aromatic nitrogens is 1. The number of nitrogens with zero attached hydrogens (tertiary/aromatic N) is 2. The molecule has 1 aliphatic rings. The number of likely N-dealkylation sites (tertiary alicyclic amines) is 1. The Bertz CT molecular complexity index is 827. The van der Waals surface area contributed by atoms with Gasteiger partial charge in [-0.1, -0.05) is 11.6 Å². The SMILES string of the molecule is Cc1ccnc(NC(=O)C2CCN(C(=O)c3cc(C)ccc3O)CC2)c1. The first kappa shape index (κ1) is 17.9. The van der Waals surface area contributed by atoms with Crippen LogP contribution in [0.1, 0.15) is 34.3 Å². The zero-order chi connectivity index (χ0) is 18.7. The third-order valence-corrected chi connectivity index (χ3v) is 4.70. The summed E-state index contributed by atoms with van der Waals surface area (Å²) in [5, 5.41) is 12.8. The van der Waals surface area contributed by atoms with Gasteiger partial charge in [0.1, 0.15) is 11.6 Å². The van der Waals surface area contributed by atoms with E-state index in [1.165, 1.54) is 6.07 Å². The highest BCUT2D eigenvalue weighted by Gasteiger charge is 2.29. The Balaban J connectivity index is 1.59. The van der Waals surface area contributed by atoms with Crippen LogP contribution in [0.4, 0.5) is 5.82 Å². The minimum atomic E-state index is -0.189. The number of aryl methyl sites for hydroxylation is 2. The average Bonchev–Trinajstić information content (AvgIpc) is 2.63. The molecule has 0 bridgehead atoms. The lowest BCUT2D eigenvalue weighted by Gasteiger charge is -2.31. The summed E-state index contributed by atoms with van der Waals surface area (Å²) < 4.78 is 0. The fraction of sp³-hybridized carbons (Fsp3) is 0.350. The molecule has 6 heteroatoms. The van der Waals surface area contributed by atoms with E-state index in [-0.39, 0.29) is 23.5 Å². The molecule has 2 heterocycles. The zero-order valence-electron chi connectivity index (χ0n) is 15.0. The molecule has 0 unspecified atom stereocenters. The lowest BCUT2D eigenvalue weighted by Crippen LogP contribution is -2.41. The summed E-state index contributed by atoms with van der Waals surface area (Å²) in [6.45, 7) is 4.81. The second-order valence-electron chi connectivity index (χ2n) is 6.79. The fourth-order valence-electron chi connectivity index (χ4n) is 3.17. The van der Waals surface area contributed by atoms with Gasteiger partial charge in [-0.05, 0) is 56.5 Å². The number of anilines is 1. The van der Waals surface area contributed by atoms with Gasteiger partial charge in [-0.15, -0.1) is 0 Å². The van der Waals surface area contributed by atoms with Crippen molar-refractivity contribution in [2.24, 2.45) is 5.92 Å². The van der Waals surface area contributed by atoms with E-state index in [0.717, 1.165) is 11.1 Å². The Hall–Kier alpha value is -2.89. The van der Waals surface area contributed by atoms with Crippen LogP contribution in [0, 0.1) is 19.8 Å². The molecule has 0 saturated carbocycles. The van der Waals surface area contributed by atoms with Crippen molar-refractivity contribution in [1.82, 2.24) is 9.88 Å². The van der Waals surface area contributed by atoms with Crippen LogP contribution in [0.2, 0.25) is 0 Å². The smallest absolute Gasteiger partial charge is 0.257 e. The van der Waals surface area contributed by atoms with Gasteiger partial charge in [-0.25, -0.2) is 4.98 Å². The molecular weight excluding hydrogens is 330 g/mol. The van der Waals surface area contributed by atoms with Crippen LogP contribution in [0.3, 0.4) is 0 Å². The maximum absolute atomic E-state index is 12.6. The number of benzene rings is 1. The molecule has 6 nitrogen and oxygen atoms in total. The lowest BCUT2D eigenvalue weighted by atomic mass is 9.95. The van der Waals surface area contributed by atoms with Crippen LogP contribution < -0.4 is 5.32 Å². The number of pyridine rings is 1. The van der Waals surface area contributed by atoms with Crippen molar-refractivity contribution < 1.29 is 14.7 Å². The quantitative estimate of drug-likeness (QED) is 0.889. The highest BCUT2D eigenvalue weighted by Crippen LogP contribution is 2.24. The van der Waals surface area contributed by atoms with E-state index in [1.807, 2.05) is 26.0 Å². The first-order valence-corrected chi connectivity index (χ1v) is 8.76. The Kier molecular flexibility index (Phi) is 5.21. The number of hydrogen-bond acceptors (Lipinski definition) is 4. The molecule has 1 aromatic heterocycles. The van der Waals surface area contributed by atoms with E-state index >= 15 is 0 Å². The van der Waals surface area contributed by atoms with E-state index in [9.17, 15) is 14.7 Å². The molecule has 3 rings (SSSR count). The van der Waals surface area contributed by atoms with E-state index < -0.39 is 0 Å². The topological polar surface area (TPSA) is 82.5 Å². The van der Waals surface area contributed by atoms with Gasteiger partial charge < -0.3 is 15.3 Å². The number of aromatic hydroxyl groups is 1. The number of carbonyl (C=O) groups is 2. The molecule has 1 saturated heterocycles. The summed E-state index contributed by atoms with van der Waals surface area (Å²) in [6.07, 6.45) is 2.85. The van der Waals surface area contributed by atoms with Crippen LogP contribution in [-0.2, 0) is 4.79 Å². The average molecular weight is 353 g/mol. The molecule has 1 aliphatic heterocycles. The number of hydrogen-bond donors (Lipinski definition) is 2. The second kappa shape index (κ2) is 7.56. The molecule has 136 valence electrons. The summed E-state index contributed by atoms with van der Waals surface area (Å²) in [4.78, 5) is 30.9. The molecule has 1 aromatic carbocycles. The van der Waals surface area contributed by atoms with Crippen LogP contribution in [0.25, 0.3) is 0 Å². The predicted molar refractivity (Wildman–Crippen MR) is 99.1 cm³/mol. The van der Waals surface area contributed by atoms with Crippen molar-refractivity contribution in [3.63, 3.8) is 0 Å². The van der Waals surface area contributed by atoms with E-state index in [4.69, 9.17) is 0 Å². The number of phenols is 1. The molecule has 0 radical (unpaired) electrons. The number of rotatable bonds is 3. The summed E-state index contributed by atoms with van der Waals surface area (Å²) in [7, 11) is 0. The van der Waals surface area contributed by atoms with Crippen molar-refractivity contribution >= 4 is 17.6 Å². The zero-order valence-corrected chi connectivity index (χ0v) is 15.0. The molecule has 0 aliphatic carbocycles. The molecule has 2 amide bonds. The number of phenolic OH excluding ortho intramolecular Hbond substituents is 1. The minimum Gasteiger partial charge on any atom is -0.507 e. The maximum atomic E-state index is 12.6. The van der Waals surface area contributed by atoms with Crippen LogP contribution >= 0.6 is 0 Å². The van der Waals surface area contributed by atoms with Crippen molar-refractivity contribution in [2.75, 3.05) is 18.4 Å². The number of amides is 2. The van der Waals surface area contributed by atoms with Gasteiger partial charge in [0, 0.05) is 25.2 Å². The Morgan fingerprint density at radius 1 is 1.12 bits per heavy atom. The molecule has 26 heavy (non-hydrogen) atoms. The Labute approximate surface area is 152 Å². The third-order valence-electron chi connectivity index (χ3n) is 4.70. The van der Waals surface area contributed by atoms with Crippen molar-refractivity contribution in [1.29, 1.82) is 0 Å². The summed E-state index contributed by atoms with van der Waals surface area (Å²) >= 11 is 0. The van der Waals surface area contributed by atoms with Gasteiger partial charge >= 0.3 is 0 Å². The van der Waals surface area contributed by atoms with Gasteiger partial charge in [0.05, 0.1) is 5.56 Å². The van der Waals surface area contributed by atoms with Gasteiger partial charge in [0.15, 0.2) is 0 Å². The normalized spacial score (nSPS) is 14.9. The molecule has 2 aromatic rings. The van der Waals surface area contributed by atoms with Gasteiger partial charge in [0.2, 0.25) is 5.91 Å². The fourth-order valence-corrected chi connectivity index (χ4v) is 3.17. The highest BCUT2D eigenvalue weighted by molar-refractivity contribution is 5.97. The van der Waals surface area contributed by atoms with E-state index in [0.29, 0.717) is 37.3 Å². The lowest BCUT2D eigenvalue weighted by molar-refractivity contribution is -0.121. The number of carbonyl (C=O) groups excluding carboxylic acids is 2. The van der Waals surface area contributed by atoms with Gasteiger partial charge in [-0.2, -0.15) is 0 Å². The second-order valence-corrected chi connectivity index (χ2v) is 6.79. The van der Waals surface area contributed by atoms with E-state index in [1.54, 1.807) is 23.2 Å². The molecular formula is C20H23N3O3. The predicted octanol–water partition coefficient (Wildman–Crippen LogP) is 2.89. The van der Waals surface area contributed by atoms with Crippen LogP contribution in [-0.4, -0.2) is 39.9 Å². The maximum Gasteiger partial charge on any atom is 0.257 e. The molecule has 2 N–H and O–H groups in total. The number of piperidine rings is 1. The summed E-state index contributed by atoms with van der Waals surface area (Å²) in [6, 6.07) is 8.71. The standard InChI is InChI=1S/C20H23N3O3/c1-13-3-4-17(24)16(11-13)20(26)23-9-6-15(7-10-23)19(25)22-18-12-14(2)5-8-21-18/h3-5,8,11-12,15,24H,6-7,9-10H2,1-2H3,(H,21,22,25). The first-order chi connectivity index (χ1) is 12.4. The summed E-state index contributed by atoms with van der Waals surface area (Å²) in [5.41, 5.74) is 2.27. The van der Waals surface area contributed by atoms with Crippen molar-refractivity contribution in [3.8, 4) is 5.75 Å². The third kappa shape index (κ3) is 4.02. The van der Waals surface area contributed by atoms with Crippen molar-refractivity contribution in [3.05, 3.63) is 53.2 Å². The Morgan fingerprint density at radius 3 is 2.50 bits per heavy atom.